The van der Waals surface area contributed by atoms with Crippen molar-refractivity contribution in [3.8, 4) is 0 Å². The molecule has 1 aromatic carbocycles. The predicted molar refractivity (Wildman–Crippen MR) is 149 cm³/mol. The van der Waals surface area contributed by atoms with Crippen molar-refractivity contribution >= 4 is 35.0 Å². The monoisotopic (exact) mass is 510 g/mol. The highest BCUT2D eigenvalue weighted by molar-refractivity contribution is 6.32. The number of hydrogen-bond acceptors (Lipinski definition) is 5. The van der Waals surface area contributed by atoms with Crippen LogP contribution in [-0.4, -0.2) is 66.2 Å². The number of carbonyl (C=O) groups excluding carboxylic acids is 1. The maximum atomic E-state index is 12.8. The van der Waals surface area contributed by atoms with Gasteiger partial charge in [-0.3, -0.25) is 4.79 Å². The number of nitrogens with two attached hydrogens (primary N) is 1. The van der Waals surface area contributed by atoms with E-state index in [-0.39, 0.29) is 0 Å². The van der Waals surface area contributed by atoms with Gasteiger partial charge in [0, 0.05) is 56.3 Å². The van der Waals surface area contributed by atoms with Crippen molar-refractivity contribution in [2.24, 2.45) is 11.7 Å². The Balaban J connectivity index is 0.00000148. The maximum absolute atomic E-state index is 12.8. The number of anilines is 1. The summed E-state index contributed by atoms with van der Waals surface area (Å²) in [6, 6.07) is 7.88. The van der Waals surface area contributed by atoms with Crippen molar-refractivity contribution in [2.45, 2.75) is 39.7 Å². The molecule has 3 aliphatic rings. The number of nitrogens with zero attached hydrogens (tertiary/aromatic N) is 4. The van der Waals surface area contributed by atoms with Crippen molar-refractivity contribution in [3.63, 3.8) is 0 Å². The first-order chi connectivity index (χ1) is 17.6. The number of aromatic nitrogens is 2. The van der Waals surface area contributed by atoms with Gasteiger partial charge in [0.15, 0.2) is 0 Å². The van der Waals surface area contributed by atoms with E-state index in [4.69, 9.17) is 22.3 Å². The van der Waals surface area contributed by atoms with Gasteiger partial charge in [-0.05, 0) is 55.1 Å². The van der Waals surface area contributed by atoms with Crippen LogP contribution in [0.4, 0.5) is 5.82 Å². The number of piperidine rings is 1. The third kappa shape index (κ3) is 5.85. The van der Waals surface area contributed by atoms with Crippen molar-refractivity contribution in [1.82, 2.24) is 19.8 Å². The number of halogens is 1. The van der Waals surface area contributed by atoms with Crippen molar-refractivity contribution in [3.05, 3.63) is 58.5 Å². The van der Waals surface area contributed by atoms with E-state index in [1.807, 2.05) is 49.2 Å². The molecule has 7 nitrogen and oxygen atoms in total. The molecule has 0 bridgehead atoms. The lowest BCUT2D eigenvalue weighted by Gasteiger charge is -2.37. The van der Waals surface area contributed by atoms with Gasteiger partial charge < -0.3 is 25.4 Å². The van der Waals surface area contributed by atoms with E-state index in [1.165, 1.54) is 0 Å². The van der Waals surface area contributed by atoms with Crippen molar-refractivity contribution in [1.29, 1.82) is 0 Å². The van der Waals surface area contributed by atoms with Crippen LogP contribution < -0.4 is 16.0 Å². The third-order valence-corrected chi connectivity index (χ3v) is 7.58. The molecule has 36 heavy (non-hydrogen) atoms. The summed E-state index contributed by atoms with van der Waals surface area (Å²) in [6.45, 7) is 10.3. The Morgan fingerprint density at radius 3 is 2.56 bits per heavy atom. The van der Waals surface area contributed by atoms with Crippen LogP contribution in [-0.2, 0) is 11.3 Å². The summed E-state index contributed by atoms with van der Waals surface area (Å²) in [5.41, 5.74) is 9.21. The van der Waals surface area contributed by atoms with Crippen molar-refractivity contribution < 1.29 is 4.79 Å². The lowest BCUT2D eigenvalue weighted by Crippen LogP contribution is -2.49. The Labute approximate surface area is 220 Å². The second-order valence-electron chi connectivity index (χ2n) is 9.32. The number of benzene rings is 1. The lowest BCUT2D eigenvalue weighted by atomic mass is 9.94. The summed E-state index contributed by atoms with van der Waals surface area (Å²) in [4.78, 5) is 21.9. The van der Waals surface area contributed by atoms with Crippen LogP contribution in [0.2, 0.25) is 5.02 Å². The topological polar surface area (TPSA) is 79.4 Å². The molecule has 1 aromatic heterocycles. The molecule has 0 unspecified atom stereocenters. The van der Waals surface area contributed by atoms with Gasteiger partial charge in [-0.2, -0.15) is 0 Å². The fourth-order valence-electron chi connectivity index (χ4n) is 5.26. The van der Waals surface area contributed by atoms with E-state index in [0.717, 1.165) is 85.5 Å². The Kier molecular flexibility index (Phi) is 9.24. The summed E-state index contributed by atoms with van der Waals surface area (Å²) in [5, 5.41) is 4.10. The molecule has 2 aromatic rings. The summed E-state index contributed by atoms with van der Waals surface area (Å²) >= 11 is 6.50. The molecular weight excluding hydrogens is 472 g/mol. The van der Waals surface area contributed by atoms with E-state index in [1.54, 1.807) is 0 Å². The molecule has 2 saturated heterocycles. The fraction of sp³-hybridized carbons (Fsp3) is 0.500. The van der Waals surface area contributed by atoms with Crippen LogP contribution >= 0.6 is 11.6 Å². The smallest absolute Gasteiger partial charge is 0.222 e. The highest BCUT2D eigenvalue weighted by Crippen LogP contribution is 2.33. The van der Waals surface area contributed by atoms with Gasteiger partial charge >= 0.3 is 0 Å². The molecule has 2 fully saturated rings. The normalized spacial score (nSPS) is 18.4. The Morgan fingerprint density at radius 2 is 1.86 bits per heavy atom. The zero-order valence-electron chi connectivity index (χ0n) is 21.5. The number of carbonyl (C=O) groups is 1. The number of piperazine rings is 1. The number of amides is 1. The number of allylic oxidation sites excluding steroid dienone is 1. The van der Waals surface area contributed by atoms with Gasteiger partial charge in [0.25, 0.3) is 0 Å². The summed E-state index contributed by atoms with van der Waals surface area (Å²) < 4.78 is 2.23. The van der Waals surface area contributed by atoms with Crippen LogP contribution in [0.15, 0.2) is 42.1 Å². The highest BCUT2D eigenvalue weighted by Gasteiger charge is 2.27. The minimum absolute atomic E-state index is 0.307. The van der Waals surface area contributed by atoms with E-state index in [0.29, 0.717) is 31.3 Å². The van der Waals surface area contributed by atoms with Crippen LogP contribution in [0.3, 0.4) is 0 Å². The molecule has 1 amide bonds. The zero-order valence-corrected chi connectivity index (χ0v) is 22.3. The fourth-order valence-corrected chi connectivity index (χ4v) is 5.50. The first kappa shape index (κ1) is 26.5. The summed E-state index contributed by atoms with van der Waals surface area (Å²) in [6.07, 6.45) is 9.11. The van der Waals surface area contributed by atoms with Crippen LogP contribution in [0.5, 0.6) is 0 Å². The molecule has 0 spiro atoms. The van der Waals surface area contributed by atoms with Gasteiger partial charge in [0.2, 0.25) is 5.91 Å². The average molecular weight is 511 g/mol. The minimum Gasteiger partial charge on any atom is -0.353 e. The van der Waals surface area contributed by atoms with Gasteiger partial charge in [-0.25, -0.2) is 4.98 Å². The van der Waals surface area contributed by atoms with E-state index in [9.17, 15) is 4.79 Å². The quantitative estimate of drug-likeness (QED) is 0.634. The molecule has 0 radical (unpaired) electrons. The molecule has 3 N–H and O–H groups in total. The molecule has 3 aliphatic heterocycles. The van der Waals surface area contributed by atoms with E-state index < -0.39 is 0 Å². The minimum atomic E-state index is 0.307. The molecule has 0 saturated carbocycles. The number of hydrogen-bond donors (Lipinski definition) is 2. The number of fused-ring (bicyclic) bond motifs is 1. The zero-order chi connectivity index (χ0) is 25.5. The predicted octanol–water partition coefficient (Wildman–Crippen LogP) is 4.04. The first-order valence-electron chi connectivity index (χ1n) is 13.3. The van der Waals surface area contributed by atoms with Crippen LogP contribution in [0, 0.1) is 5.92 Å². The Bertz CT molecular complexity index is 1090. The van der Waals surface area contributed by atoms with Crippen LogP contribution in [0.1, 0.15) is 44.5 Å². The van der Waals surface area contributed by atoms with Gasteiger partial charge in [-0.1, -0.05) is 49.7 Å². The molecule has 0 aliphatic carbocycles. The van der Waals surface area contributed by atoms with E-state index in [2.05, 4.69) is 26.9 Å². The standard InChI is InChI=1S/C26H33ClN6O.C2H6/c27-23-4-2-1-3-22(23)21-7-10-33-24(16-20(21)17-28)30-18-25(33)31-11-13-32(14-12-31)26(34)15-19-5-8-29-9-6-19;1-2/h1-4,7,16,18-19,29H,5-6,8-15,17,28H2;1-2H3. The molecule has 8 heteroatoms. The highest BCUT2D eigenvalue weighted by atomic mass is 35.5. The SMILES string of the molecule is CC.NCC1=Cc2ncc(N3CCN(C(=O)CC4CCNCC4)CC3)n2CC=C1c1ccccc1Cl. The number of nitrogens with one attached hydrogen (secondary N) is 1. The third-order valence-electron chi connectivity index (χ3n) is 7.25. The molecule has 5 rings (SSSR count). The lowest BCUT2D eigenvalue weighted by molar-refractivity contribution is -0.132. The second-order valence-corrected chi connectivity index (χ2v) is 9.73. The number of rotatable bonds is 5. The van der Waals surface area contributed by atoms with Crippen LogP contribution in [0.25, 0.3) is 11.6 Å². The van der Waals surface area contributed by atoms with Gasteiger partial charge in [0.05, 0.1) is 6.20 Å². The summed E-state index contributed by atoms with van der Waals surface area (Å²) in [5.74, 6) is 2.82. The molecule has 0 atom stereocenters. The Hall–Kier alpha value is -2.61. The second kappa shape index (κ2) is 12.6. The maximum Gasteiger partial charge on any atom is 0.222 e. The number of imidazole rings is 1. The largest absolute Gasteiger partial charge is 0.353 e. The van der Waals surface area contributed by atoms with Crippen molar-refractivity contribution in [2.75, 3.05) is 50.7 Å². The summed E-state index contributed by atoms with van der Waals surface area (Å²) in [7, 11) is 0. The first-order valence-corrected chi connectivity index (χ1v) is 13.7. The van der Waals surface area contributed by atoms with E-state index >= 15 is 0 Å². The molecule has 4 heterocycles. The molecule has 194 valence electrons. The molecular formula is C28H39ClN6O. The van der Waals surface area contributed by atoms with Gasteiger partial charge in [-0.15, -0.1) is 0 Å². The average Bonchev–Trinajstić information content (AvgIpc) is 3.23. The Morgan fingerprint density at radius 1 is 1.14 bits per heavy atom. The van der Waals surface area contributed by atoms with Gasteiger partial charge in [0.1, 0.15) is 11.6 Å².